The number of aliphatic imine (C=N–C) groups is 1. The zero-order valence-corrected chi connectivity index (χ0v) is 20.3. The number of ether oxygens (including phenoxy) is 1. The molecule has 0 radical (unpaired) electrons. The second kappa shape index (κ2) is 14.0. The van der Waals surface area contributed by atoms with Gasteiger partial charge in [-0.25, -0.2) is 0 Å². The molecule has 1 saturated heterocycles. The lowest BCUT2D eigenvalue weighted by Gasteiger charge is -2.26. The third-order valence-electron chi connectivity index (χ3n) is 4.76. The third kappa shape index (κ3) is 9.50. The maximum absolute atomic E-state index is 5.42. The molecule has 1 aliphatic heterocycles. The summed E-state index contributed by atoms with van der Waals surface area (Å²) in [7, 11) is 0. The van der Waals surface area contributed by atoms with E-state index in [0.717, 1.165) is 77.0 Å². The number of hydrogen-bond donors (Lipinski definition) is 2. The Hall–Kier alpha value is -1.10. The van der Waals surface area contributed by atoms with Gasteiger partial charge in [0.15, 0.2) is 5.96 Å². The van der Waals surface area contributed by atoms with Crippen molar-refractivity contribution < 1.29 is 9.15 Å². The fourth-order valence-electron chi connectivity index (χ4n) is 3.17. The van der Waals surface area contributed by atoms with E-state index >= 15 is 0 Å². The first-order valence-electron chi connectivity index (χ1n) is 10.2. The van der Waals surface area contributed by atoms with Gasteiger partial charge in [0, 0.05) is 50.6 Å². The lowest BCUT2D eigenvalue weighted by Crippen LogP contribution is -2.45. The van der Waals surface area contributed by atoms with Crippen LogP contribution in [0.1, 0.15) is 17.6 Å². The molecule has 1 fully saturated rings. The number of hydrogen-bond acceptors (Lipinski definition) is 5. The average molecular weight is 532 g/mol. The molecular formula is C21H33IN4O2S. The molecule has 0 spiro atoms. The molecule has 2 aromatic rings. The summed E-state index contributed by atoms with van der Waals surface area (Å²) in [4.78, 5) is 8.68. The van der Waals surface area contributed by atoms with Gasteiger partial charge >= 0.3 is 0 Å². The van der Waals surface area contributed by atoms with Crippen LogP contribution in [0.5, 0.6) is 0 Å². The summed E-state index contributed by atoms with van der Waals surface area (Å²) in [6.45, 7) is 9.46. The molecule has 3 heterocycles. The zero-order valence-electron chi connectivity index (χ0n) is 17.1. The second-order valence-corrected chi connectivity index (χ2v) is 8.25. The lowest BCUT2D eigenvalue weighted by atomic mass is 10.1. The van der Waals surface area contributed by atoms with Crippen molar-refractivity contribution in [2.45, 2.75) is 19.8 Å². The van der Waals surface area contributed by atoms with Crippen molar-refractivity contribution in [3.8, 4) is 0 Å². The molecule has 8 heteroatoms. The van der Waals surface area contributed by atoms with E-state index in [1.54, 1.807) is 6.26 Å². The van der Waals surface area contributed by atoms with Gasteiger partial charge in [-0.3, -0.25) is 9.89 Å². The van der Waals surface area contributed by atoms with Crippen LogP contribution in [0.2, 0.25) is 0 Å². The summed E-state index contributed by atoms with van der Waals surface area (Å²) >= 11 is 1.82. The summed E-state index contributed by atoms with van der Waals surface area (Å²) in [5.74, 6) is 2.39. The zero-order chi connectivity index (χ0) is 19.4. The summed E-state index contributed by atoms with van der Waals surface area (Å²) in [5, 5.41) is 9.08. The number of furan rings is 1. The Kier molecular flexibility index (Phi) is 11.7. The van der Waals surface area contributed by atoms with Crippen molar-refractivity contribution in [3.63, 3.8) is 0 Å². The Balaban J connectivity index is 0.00000300. The fraction of sp³-hybridized carbons (Fsp3) is 0.571. The summed E-state index contributed by atoms with van der Waals surface area (Å²) < 4.78 is 10.8. The molecule has 0 aromatic carbocycles. The van der Waals surface area contributed by atoms with E-state index < -0.39 is 0 Å². The number of nitrogens with one attached hydrogen (secondary N) is 2. The van der Waals surface area contributed by atoms with Crippen molar-refractivity contribution in [1.82, 2.24) is 15.5 Å². The number of halogens is 1. The highest BCUT2D eigenvalue weighted by molar-refractivity contribution is 14.0. The maximum Gasteiger partial charge on any atom is 0.191 e. The third-order valence-corrected chi connectivity index (χ3v) is 5.66. The summed E-state index contributed by atoms with van der Waals surface area (Å²) in [6.07, 6.45) is 3.65. The quantitative estimate of drug-likeness (QED) is 0.280. The minimum atomic E-state index is 0. The predicted molar refractivity (Wildman–Crippen MR) is 131 cm³/mol. The molecule has 1 atom stereocenters. The fourth-order valence-corrected chi connectivity index (χ4v) is 4.04. The smallest absolute Gasteiger partial charge is 0.191 e. The monoisotopic (exact) mass is 532 g/mol. The van der Waals surface area contributed by atoms with Crippen molar-refractivity contribution in [2.75, 3.05) is 52.5 Å². The number of morpholine rings is 1. The number of guanidine groups is 1. The van der Waals surface area contributed by atoms with E-state index in [9.17, 15) is 0 Å². The highest BCUT2D eigenvalue weighted by Crippen LogP contribution is 2.14. The van der Waals surface area contributed by atoms with E-state index in [4.69, 9.17) is 14.1 Å². The van der Waals surface area contributed by atoms with E-state index in [1.807, 2.05) is 23.5 Å². The molecule has 0 saturated carbocycles. The van der Waals surface area contributed by atoms with Gasteiger partial charge < -0.3 is 19.8 Å². The standard InChI is InChI=1S/C21H32N4O2S.HI/c1-18(16-20-5-3-15-28-20)17-24-21(22-7-6-19-4-2-12-27-19)23-8-9-25-10-13-26-14-11-25;/h2-5,12,15,18H,6-11,13-14,16-17H2,1H3,(H2,22,23,24);1H. The average Bonchev–Trinajstić information content (AvgIpc) is 3.41. The normalized spacial score (nSPS) is 16.2. The molecule has 0 amide bonds. The van der Waals surface area contributed by atoms with Gasteiger partial charge in [0.05, 0.1) is 19.5 Å². The number of thiophene rings is 1. The molecule has 1 aliphatic rings. The SMILES string of the molecule is CC(CN=C(NCCc1ccco1)NCCN1CCOCC1)Cc1cccs1.I. The molecule has 3 rings (SSSR count). The first kappa shape index (κ1) is 24.2. The van der Waals surface area contributed by atoms with E-state index in [-0.39, 0.29) is 24.0 Å². The van der Waals surface area contributed by atoms with Gasteiger partial charge in [-0.05, 0) is 35.9 Å². The molecule has 1 unspecified atom stereocenters. The molecule has 0 bridgehead atoms. The van der Waals surface area contributed by atoms with Crippen molar-refractivity contribution in [2.24, 2.45) is 10.9 Å². The Morgan fingerprint density at radius 3 is 2.76 bits per heavy atom. The molecular weight excluding hydrogens is 499 g/mol. The first-order chi connectivity index (χ1) is 13.8. The van der Waals surface area contributed by atoms with Crippen LogP contribution in [0.3, 0.4) is 0 Å². The minimum absolute atomic E-state index is 0. The largest absolute Gasteiger partial charge is 0.469 e. The Morgan fingerprint density at radius 2 is 2.03 bits per heavy atom. The molecule has 162 valence electrons. The van der Waals surface area contributed by atoms with Crippen LogP contribution in [0.25, 0.3) is 0 Å². The van der Waals surface area contributed by atoms with Crippen LogP contribution < -0.4 is 10.6 Å². The molecule has 0 aliphatic carbocycles. The Labute approximate surface area is 195 Å². The Morgan fingerprint density at radius 1 is 1.21 bits per heavy atom. The van der Waals surface area contributed by atoms with E-state index in [1.165, 1.54) is 4.88 Å². The van der Waals surface area contributed by atoms with Gasteiger partial charge in [-0.2, -0.15) is 0 Å². The van der Waals surface area contributed by atoms with E-state index in [2.05, 4.69) is 40.0 Å². The van der Waals surface area contributed by atoms with Crippen LogP contribution >= 0.6 is 35.3 Å². The highest BCUT2D eigenvalue weighted by Gasteiger charge is 2.10. The Bertz CT molecular complexity index is 673. The van der Waals surface area contributed by atoms with Crippen molar-refractivity contribution >= 4 is 41.3 Å². The van der Waals surface area contributed by atoms with Gasteiger partial charge in [0.1, 0.15) is 5.76 Å². The van der Waals surface area contributed by atoms with Crippen LogP contribution in [0.15, 0.2) is 45.3 Å². The first-order valence-corrected chi connectivity index (χ1v) is 11.0. The van der Waals surface area contributed by atoms with Gasteiger partial charge in [0.25, 0.3) is 0 Å². The van der Waals surface area contributed by atoms with E-state index in [0.29, 0.717) is 5.92 Å². The van der Waals surface area contributed by atoms with Gasteiger partial charge in [-0.15, -0.1) is 35.3 Å². The topological polar surface area (TPSA) is 62.0 Å². The molecule has 29 heavy (non-hydrogen) atoms. The van der Waals surface area contributed by atoms with Crippen molar-refractivity contribution in [1.29, 1.82) is 0 Å². The van der Waals surface area contributed by atoms with Gasteiger partial charge in [-0.1, -0.05) is 13.0 Å². The van der Waals surface area contributed by atoms with Crippen LogP contribution in [-0.2, 0) is 17.6 Å². The van der Waals surface area contributed by atoms with Crippen LogP contribution in [0, 0.1) is 5.92 Å². The summed E-state index contributed by atoms with van der Waals surface area (Å²) in [6, 6.07) is 8.25. The van der Waals surface area contributed by atoms with Crippen LogP contribution in [0.4, 0.5) is 0 Å². The summed E-state index contributed by atoms with van der Waals surface area (Å²) in [5.41, 5.74) is 0. The van der Waals surface area contributed by atoms with Crippen molar-refractivity contribution in [3.05, 3.63) is 46.5 Å². The number of nitrogens with zero attached hydrogens (tertiary/aromatic N) is 2. The highest BCUT2D eigenvalue weighted by atomic mass is 127. The second-order valence-electron chi connectivity index (χ2n) is 7.21. The molecule has 2 N–H and O–H groups in total. The predicted octanol–water partition coefficient (Wildman–Crippen LogP) is 3.25. The van der Waals surface area contributed by atoms with Gasteiger partial charge in [0.2, 0.25) is 0 Å². The number of rotatable bonds is 10. The van der Waals surface area contributed by atoms with Crippen LogP contribution in [-0.4, -0.2) is 63.3 Å². The minimum Gasteiger partial charge on any atom is -0.469 e. The lowest BCUT2D eigenvalue weighted by molar-refractivity contribution is 0.0389. The maximum atomic E-state index is 5.42. The molecule has 6 nitrogen and oxygen atoms in total. The molecule has 2 aromatic heterocycles.